The average molecular weight is 240 g/mol. The van der Waals surface area contributed by atoms with Crippen LogP contribution in [-0.2, 0) is 4.79 Å². The number of hydrogen-bond donors (Lipinski definition) is 3. The maximum absolute atomic E-state index is 11.5. The highest BCUT2D eigenvalue weighted by Crippen LogP contribution is 1.99. The second kappa shape index (κ2) is 6.05. The minimum Gasteiger partial charge on any atom is -0.459 e. The topological polar surface area (TPSA) is 91.6 Å². The standard InChI is InChI=1S/C11H16N2O4/c1-7(14)6-12-10(15)8(2)13-11(16)9-4-3-5-17-9/h3-5,7-8,14H,6H2,1-2H3,(H,12,15)(H,13,16)/t7-,8?/m0/s1. The average Bonchev–Trinajstić information content (AvgIpc) is 2.78. The number of aliphatic hydroxyl groups is 1. The summed E-state index contributed by atoms with van der Waals surface area (Å²) in [5.74, 6) is -0.652. The normalized spacial score (nSPS) is 13.8. The molecule has 0 aromatic carbocycles. The summed E-state index contributed by atoms with van der Waals surface area (Å²) < 4.78 is 4.89. The van der Waals surface area contributed by atoms with Crippen LogP contribution in [0.1, 0.15) is 24.4 Å². The molecule has 0 radical (unpaired) electrons. The van der Waals surface area contributed by atoms with E-state index >= 15 is 0 Å². The van der Waals surface area contributed by atoms with E-state index in [9.17, 15) is 9.59 Å². The van der Waals surface area contributed by atoms with Crippen LogP contribution in [0.2, 0.25) is 0 Å². The minimum atomic E-state index is -0.689. The Morgan fingerprint density at radius 1 is 1.47 bits per heavy atom. The lowest BCUT2D eigenvalue weighted by atomic mass is 10.3. The number of hydrogen-bond acceptors (Lipinski definition) is 4. The lowest BCUT2D eigenvalue weighted by Gasteiger charge is -2.14. The van der Waals surface area contributed by atoms with Gasteiger partial charge in [0.25, 0.3) is 5.91 Å². The molecular weight excluding hydrogens is 224 g/mol. The van der Waals surface area contributed by atoms with Crippen molar-refractivity contribution in [3.8, 4) is 0 Å². The van der Waals surface area contributed by atoms with Gasteiger partial charge in [-0.3, -0.25) is 9.59 Å². The quantitative estimate of drug-likeness (QED) is 0.670. The molecule has 6 heteroatoms. The molecule has 0 bridgehead atoms. The number of amides is 2. The molecule has 2 atom stereocenters. The van der Waals surface area contributed by atoms with Gasteiger partial charge in [0.05, 0.1) is 12.4 Å². The summed E-state index contributed by atoms with van der Waals surface area (Å²) in [5.41, 5.74) is 0. The van der Waals surface area contributed by atoms with E-state index in [1.165, 1.54) is 12.3 Å². The van der Waals surface area contributed by atoms with Crippen molar-refractivity contribution in [2.45, 2.75) is 26.0 Å². The fraction of sp³-hybridized carbons (Fsp3) is 0.455. The van der Waals surface area contributed by atoms with Crippen LogP contribution in [0.25, 0.3) is 0 Å². The molecule has 1 heterocycles. The van der Waals surface area contributed by atoms with Crippen molar-refractivity contribution in [2.24, 2.45) is 0 Å². The summed E-state index contributed by atoms with van der Waals surface area (Å²) in [6.07, 6.45) is 0.763. The molecular formula is C11H16N2O4. The Morgan fingerprint density at radius 3 is 2.71 bits per heavy atom. The second-order valence-corrected chi connectivity index (χ2v) is 3.77. The van der Waals surface area contributed by atoms with Gasteiger partial charge in [0.2, 0.25) is 5.91 Å². The molecule has 0 spiro atoms. The molecule has 1 aromatic heterocycles. The van der Waals surface area contributed by atoms with Gasteiger partial charge in [-0.05, 0) is 26.0 Å². The van der Waals surface area contributed by atoms with Gasteiger partial charge in [0.15, 0.2) is 5.76 Å². The molecule has 0 aliphatic rings. The Kier molecular flexibility index (Phi) is 4.71. The first-order valence-electron chi connectivity index (χ1n) is 5.31. The number of furan rings is 1. The van der Waals surface area contributed by atoms with Crippen molar-refractivity contribution < 1.29 is 19.1 Å². The van der Waals surface area contributed by atoms with Crippen LogP contribution in [0.3, 0.4) is 0 Å². The Labute approximate surface area is 99.0 Å². The largest absolute Gasteiger partial charge is 0.459 e. The van der Waals surface area contributed by atoms with E-state index in [0.29, 0.717) is 0 Å². The summed E-state index contributed by atoms with van der Waals surface area (Å²) in [7, 11) is 0. The predicted octanol–water partition coefficient (Wildman–Crippen LogP) is -0.105. The van der Waals surface area contributed by atoms with E-state index in [0.717, 1.165) is 0 Å². The third kappa shape index (κ3) is 4.28. The van der Waals surface area contributed by atoms with E-state index < -0.39 is 18.1 Å². The van der Waals surface area contributed by atoms with Crippen molar-refractivity contribution in [1.82, 2.24) is 10.6 Å². The van der Waals surface area contributed by atoms with Crippen molar-refractivity contribution >= 4 is 11.8 Å². The Bertz CT molecular complexity index is 373. The summed E-state index contributed by atoms with van der Waals surface area (Å²) in [6, 6.07) is 2.41. The Hall–Kier alpha value is -1.82. The smallest absolute Gasteiger partial charge is 0.287 e. The Morgan fingerprint density at radius 2 is 2.18 bits per heavy atom. The molecule has 3 N–H and O–H groups in total. The maximum atomic E-state index is 11.5. The summed E-state index contributed by atoms with van der Waals surface area (Å²) >= 11 is 0. The van der Waals surface area contributed by atoms with Gasteiger partial charge in [0, 0.05) is 6.54 Å². The van der Waals surface area contributed by atoms with E-state index in [1.807, 2.05) is 0 Å². The number of nitrogens with one attached hydrogen (secondary N) is 2. The summed E-state index contributed by atoms with van der Waals surface area (Å²) in [6.45, 7) is 3.27. The zero-order valence-electron chi connectivity index (χ0n) is 9.77. The monoisotopic (exact) mass is 240 g/mol. The number of carbonyl (C=O) groups is 2. The number of aliphatic hydroxyl groups excluding tert-OH is 1. The number of rotatable bonds is 5. The highest BCUT2D eigenvalue weighted by atomic mass is 16.3. The summed E-state index contributed by atoms with van der Waals surface area (Å²) in [4.78, 5) is 23.0. The van der Waals surface area contributed by atoms with Gasteiger partial charge < -0.3 is 20.2 Å². The van der Waals surface area contributed by atoms with Gasteiger partial charge in [-0.2, -0.15) is 0 Å². The summed E-state index contributed by atoms with van der Waals surface area (Å²) in [5, 5.41) is 14.0. The van der Waals surface area contributed by atoms with Crippen molar-refractivity contribution in [3.05, 3.63) is 24.2 Å². The molecule has 6 nitrogen and oxygen atoms in total. The Balaban J connectivity index is 2.41. The molecule has 0 aliphatic heterocycles. The fourth-order valence-corrected chi connectivity index (χ4v) is 1.14. The lowest BCUT2D eigenvalue weighted by Crippen LogP contribution is -2.46. The molecule has 0 saturated heterocycles. The van der Waals surface area contributed by atoms with Crippen LogP contribution in [0.5, 0.6) is 0 Å². The van der Waals surface area contributed by atoms with Gasteiger partial charge in [-0.1, -0.05) is 0 Å². The van der Waals surface area contributed by atoms with Crippen LogP contribution in [0.15, 0.2) is 22.8 Å². The van der Waals surface area contributed by atoms with E-state index in [1.54, 1.807) is 19.9 Å². The third-order valence-corrected chi connectivity index (χ3v) is 2.06. The van der Waals surface area contributed by atoms with Crippen LogP contribution in [0.4, 0.5) is 0 Å². The molecule has 0 fully saturated rings. The van der Waals surface area contributed by atoms with Gasteiger partial charge in [-0.25, -0.2) is 0 Å². The number of carbonyl (C=O) groups excluding carboxylic acids is 2. The fourth-order valence-electron chi connectivity index (χ4n) is 1.14. The zero-order chi connectivity index (χ0) is 12.8. The molecule has 1 rings (SSSR count). The highest BCUT2D eigenvalue weighted by Gasteiger charge is 2.17. The van der Waals surface area contributed by atoms with Gasteiger partial charge >= 0.3 is 0 Å². The minimum absolute atomic E-state index is 0.153. The van der Waals surface area contributed by atoms with Gasteiger partial charge in [-0.15, -0.1) is 0 Å². The van der Waals surface area contributed by atoms with Crippen molar-refractivity contribution in [3.63, 3.8) is 0 Å². The third-order valence-electron chi connectivity index (χ3n) is 2.06. The molecule has 0 saturated carbocycles. The molecule has 1 unspecified atom stereocenters. The van der Waals surface area contributed by atoms with Crippen LogP contribution in [0, 0.1) is 0 Å². The molecule has 0 aliphatic carbocycles. The first-order valence-corrected chi connectivity index (χ1v) is 5.31. The van der Waals surface area contributed by atoms with E-state index in [4.69, 9.17) is 9.52 Å². The van der Waals surface area contributed by atoms with Crippen molar-refractivity contribution in [2.75, 3.05) is 6.54 Å². The van der Waals surface area contributed by atoms with E-state index in [2.05, 4.69) is 10.6 Å². The van der Waals surface area contributed by atoms with Crippen molar-refractivity contribution in [1.29, 1.82) is 0 Å². The van der Waals surface area contributed by atoms with E-state index in [-0.39, 0.29) is 18.2 Å². The van der Waals surface area contributed by atoms with Crippen LogP contribution < -0.4 is 10.6 Å². The molecule has 1 aromatic rings. The highest BCUT2D eigenvalue weighted by molar-refractivity contribution is 5.95. The SMILES string of the molecule is CC(NC(=O)c1ccco1)C(=O)NC[C@H](C)O. The first-order chi connectivity index (χ1) is 8.00. The van der Waals surface area contributed by atoms with Gasteiger partial charge in [0.1, 0.15) is 6.04 Å². The molecule has 94 valence electrons. The maximum Gasteiger partial charge on any atom is 0.287 e. The molecule has 2 amide bonds. The van der Waals surface area contributed by atoms with Crippen LogP contribution in [-0.4, -0.2) is 35.6 Å². The zero-order valence-corrected chi connectivity index (χ0v) is 9.77. The molecule has 17 heavy (non-hydrogen) atoms. The first kappa shape index (κ1) is 13.2. The lowest BCUT2D eigenvalue weighted by molar-refractivity contribution is -0.123. The van der Waals surface area contributed by atoms with Crippen LogP contribution >= 0.6 is 0 Å². The predicted molar refractivity (Wildman–Crippen MR) is 60.3 cm³/mol. The second-order valence-electron chi connectivity index (χ2n) is 3.77.